The highest BCUT2D eigenvalue weighted by atomic mass is 35.5. The molecule has 0 radical (unpaired) electrons. The molecule has 1 N–H and O–H groups in total. The molecule has 0 aliphatic rings. The number of hydrogen-bond acceptors (Lipinski definition) is 4. The molecule has 1 heterocycles. The molecule has 132 valence electrons. The number of nitrogens with zero attached hydrogens (tertiary/aromatic N) is 1. The first-order valence-electron chi connectivity index (χ1n) is 7.70. The van der Waals surface area contributed by atoms with Crippen molar-refractivity contribution in [2.45, 2.75) is 39.7 Å². The van der Waals surface area contributed by atoms with Crippen LogP contribution < -0.4 is 0 Å². The lowest BCUT2D eigenvalue weighted by Crippen LogP contribution is -2.17. The molecule has 0 unspecified atom stereocenters. The summed E-state index contributed by atoms with van der Waals surface area (Å²) in [5.74, 6) is 0.318. The van der Waals surface area contributed by atoms with E-state index in [2.05, 4.69) is 0 Å². The second-order valence-electron chi connectivity index (χ2n) is 7.34. The van der Waals surface area contributed by atoms with Gasteiger partial charge in [0.05, 0.1) is 4.88 Å². The van der Waals surface area contributed by atoms with Crippen molar-refractivity contribution in [1.82, 2.24) is 4.90 Å². The molecule has 0 bridgehead atoms. The summed E-state index contributed by atoms with van der Waals surface area (Å²) in [4.78, 5) is 15.5. The molecule has 0 aliphatic heterocycles. The number of aryl methyl sites for hydroxylation is 1. The van der Waals surface area contributed by atoms with Gasteiger partial charge in [-0.05, 0) is 55.6 Å². The Hall–Kier alpha value is -1.36. The van der Waals surface area contributed by atoms with Crippen molar-refractivity contribution < 1.29 is 9.90 Å². The van der Waals surface area contributed by atoms with Gasteiger partial charge in [-0.1, -0.05) is 20.8 Å². The maximum Gasteiger partial charge on any atom is 0.202 e. The van der Waals surface area contributed by atoms with Crippen LogP contribution in [0.25, 0.3) is 0 Å². The fourth-order valence-electron chi connectivity index (χ4n) is 2.55. The highest BCUT2D eigenvalue weighted by molar-refractivity contribution is 7.12. The van der Waals surface area contributed by atoms with E-state index >= 15 is 0 Å². The highest BCUT2D eigenvalue weighted by Crippen LogP contribution is 2.35. The number of rotatable bonds is 4. The van der Waals surface area contributed by atoms with Crippen LogP contribution >= 0.6 is 23.7 Å². The lowest BCUT2D eigenvalue weighted by atomic mass is 9.83. The van der Waals surface area contributed by atoms with Gasteiger partial charge < -0.3 is 10.0 Å². The molecule has 3 nitrogen and oxygen atoms in total. The van der Waals surface area contributed by atoms with Crippen LogP contribution in [0.5, 0.6) is 5.75 Å². The SMILES string of the molecule is Cc1csc(C(=O)c2cc(CN(C)C)c(O)c(C(C)(C)C)c2)c1.Cl. The summed E-state index contributed by atoms with van der Waals surface area (Å²) in [6, 6.07) is 5.58. The van der Waals surface area contributed by atoms with Crippen molar-refractivity contribution in [3.63, 3.8) is 0 Å². The first kappa shape index (κ1) is 20.7. The van der Waals surface area contributed by atoms with Crippen LogP contribution in [0.2, 0.25) is 0 Å². The molecule has 0 spiro atoms. The fraction of sp³-hybridized carbons (Fsp3) is 0.421. The predicted octanol–water partition coefficient (Wildman–Crippen LogP) is 4.77. The predicted molar refractivity (Wildman–Crippen MR) is 104 cm³/mol. The van der Waals surface area contributed by atoms with Crippen LogP contribution in [-0.4, -0.2) is 29.9 Å². The summed E-state index contributed by atoms with van der Waals surface area (Å²) in [5.41, 5.74) is 3.12. The van der Waals surface area contributed by atoms with E-state index in [4.69, 9.17) is 0 Å². The van der Waals surface area contributed by atoms with Gasteiger partial charge in [0.2, 0.25) is 5.78 Å². The molecule has 0 saturated heterocycles. The molecule has 24 heavy (non-hydrogen) atoms. The van der Waals surface area contributed by atoms with Crippen LogP contribution in [-0.2, 0) is 12.0 Å². The van der Waals surface area contributed by atoms with Gasteiger partial charge in [0.1, 0.15) is 5.75 Å². The number of carbonyl (C=O) groups excluding carboxylic acids is 1. The van der Waals surface area contributed by atoms with Gasteiger partial charge in [0.25, 0.3) is 0 Å². The van der Waals surface area contributed by atoms with Gasteiger partial charge in [0.15, 0.2) is 0 Å². The number of benzene rings is 1. The largest absolute Gasteiger partial charge is 0.507 e. The van der Waals surface area contributed by atoms with Crippen LogP contribution in [0.1, 0.15) is 52.7 Å². The summed E-state index contributed by atoms with van der Waals surface area (Å²) in [7, 11) is 3.90. The van der Waals surface area contributed by atoms with E-state index in [1.54, 1.807) is 0 Å². The van der Waals surface area contributed by atoms with Crippen LogP contribution in [0.15, 0.2) is 23.6 Å². The van der Waals surface area contributed by atoms with Crippen molar-refractivity contribution in [3.05, 3.63) is 50.7 Å². The lowest BCUT2D eigenvalue weighted by molar-refractivity contribution is 0.104. The number of hydrogen-bond donors (Lipinski definition) is 1. The highest BCUT2D eigenvalue weighted by Gasteiger charge is 2.24. The van der Waals surface area contributed by atoms with Crippen LogP contribution in [0, 0.1) is 6.92 Å². The first-order valence-corrected chi connectivity index (χ1v) is 8.58. The zero-order valence-electron chi connectivity index (χ0n) is 15.1. The van der Waals surface area contributed by atoms with Gasteiger partial charge in [-0.2, -0.15) is 0 Å². The van der Waals surface area contributed by atoms with Gasteiger partial charge in [-0.25, -0.2) is 0 Å². The molecule has 0 aliphatic carbocycles. The van der Waals surface area contributed by atoms with E-state index in [9.17, 15) is 9.90 Å². The lowest BCUT2D eigenvalue weighted by Gasteiger charge is -2.24. The third-order valence-corrected chi connectivity index (χ3v) is 4.75. The minimum absolute atomic E-state index is 0. The average Bonchev–Trinajstić information content (AvgIpc) is 2.85. The normalized spacial score (nSPS) is 11.5. The maximum absolute atomic E-state index is 12.8. The second-order valence-corrected chi connectivity index (χ2v) is 8.25. The third-order valence-electron chi connectivity index (χ3n) is 3.70. The van der Waals surface area contributed by atoms with Gasteiger partial charge in [0, 0.05) is 23.2 Å². The van der Waals surface area contributed by atoms with E-state index in [0.29, 0.717) is 17.9 Å². The quantitative estimate of drug-likeness (QED) is 0.791. The van der Waals surface area contributed by atoms with Gasteiger partial charge in [-0.3, -0.25) is 4.79 Å². The maximum atomic E-state index is 12.8. The molecule has 2 rings (SSSR count). The van der Waals surface area contributed by atoms with E-state index in [0.717, 1.165) is 21.6 Å². The molecule has 5 heteroatoms. The Balaban J connectivity index is 0.00000288. The van der Waals surface area contributed by atoms with Gasteiger partial charge >= 0.3 is 0 Å². The minimum atomic E-state index is -0.229. The first-order chi connectivity index (χ1) is 10.6. The molecule has 1 aromatic carbocycles. The van der Waals surface area contributed by atoms with E-state index < -0.39 is 0 Å². The summed E-state index contributed by atoms with van der Waals surface area (Å²) >= 11 is 1.47. The monoisotopic (exact) mass is 367 g/mol. The van der Waals surface area contributed by atoms with Crippen molar-refractivity contribution in [1.29, 1.82) is 0 Å². The Morgan fingerprint density at radius 2 is 1.83 bits per heavy atom. The van der Waals surface area contributed by atoms with Crippen LogP contribution in [0.4, 0.5) is 0 Å². The fourth-order valence-corrected chi connectivity index (χ4v) is 3.41. The van der Waals surface area contributed by atoms with E-state index in [1.165, 1.54) is 11.3 Å². The Kier molecular flexibility index (Phi) is 6.62. The Labute approximate surface area is 154 Å². The van der Waals surface area contributed by atoms with Crippen molar-refractivity contribution in [2.75, 3.05) is 14.1 Å². The minimum Gasteiger partial charge on any atom is -0.507 e. The van der Waals surface area contributed by atoms with Crippen molar-refractivity contribution >= 4 is 29.5 Å². The molecule has 2 aromatic rings. The zero-order chi connectivity index (χ0) is 17.4. The molecular formula is C19H26ClNO2S. The Morgan fingerprint density at radius 1 is 1.21 bits per heavy atom. The summed E-state index contributed by atoms with van der Waals surface area (Å²) in [6.07, 6.45) is 0. The molecule has 0 saturated carbocycles. The topological polar surface area (TPSA) is 40.5 Å². The number of ketones is 1. The Bertz CT molecular complexity index is 729. The number of aromatic hydroxyl groups is 1. The van der Waals surface area contributed by atoms with E-state index in [-0.39, 0.29) is 23.6 Å². The zero-order valence-corrected chi connectivity index (χ0v) is 16.8. The molecule has 0 fully saturated rings. The average molecular weight is 368 g/mol. The third kappa shape index (κ3) is 4.59. The molecule has 0 atom stereocenters. The number of phenols is 1. The van der Waals surface area contributed by atoms with E-state index in [1.807, 2.05) is 70.3 Å². The standard InChI is InChI=1S/C19H25NO2S.ClH/c1-12-7-16(23-11-12)18(22)13-8-14(10-20(5)6)17(21)15(9-13)19(2,3)4;/h7-9,11,21H,10H2,1-6H3;1H. The second kappa shape index (κ2) is 7.68. The summed E-state index contributed by atoms with van der Waals surface area (Å²) < 4.78 is 0. The smallest absolute Gasteiger partial charge is 0.202 e. The number of thiophene rings is 1. The number of halogens is 1. The molecule has 0 amide bonds. The van der Waals surface area contributed by atoms with Crippen molar-refractivity contribution in [2.24, 2.45) is 0 Å². The Morgan fingerprint density at radius 3 is 2.29 bits per heavy atom. The number of carbonyl (C=O) groups is 1. The molecule has 1 aromatic heterocycles. The number of phenolic OH excluding ortho intramolecular Hbond substituents is 1. The molecular weight excluding hydrogens is 342 g/mol. The van der Waals surface area contributed by atoms with Crippen LogP contribution in [0.3, 0.4) is 0 Å². The summed E-state index contributed by atoms with van der Waals surface area (Å²) in [6.45, 7) is 8.72. The summed E-state index contributed by atoms with van der Waals surface area (Å²) in [5, 5.41) is 12.6. The van der Waals surface area contributed by atoms with Crippen molar-refractivity contribution in [3.8, 4) is 5.75 Å². The van der Waals surface area contributed by atoms with Gasteiger partial charge in [-0.15, -0.1) is 23.7 Å².